The van der Waals surface area contributed by atoms with Crippen LogP contribution in [0.15, 0.2) is 30.5 Å². The van der Waals surface area contributed by atoms with Crippen LogP contribution in [0, 0.1) is 24.5 Å². The fraction of sp³-hybridized carbons (Fsp3) is 0.440. The van der Waals surface area contributed by atoms with Gasteiger partial charge in [0.2, 0.25) is 0 Å². The number of amides is 1. The molecule has 1 atom stereocenters. The molecule has 0 bridgehead atoms. The molecule has 1 amide bonds. The lowest BCUT2D eigenvalue weighted by molar-refractivity contribution is 0.124. The third-order valence-corrected chi connectivity index (χ3v) is 6.36. The predicted octanol–water partition coefficient (Wildman–Crippen LogP) is 4.72. The van der Waals surface area contributed by atoms with Crippen molar-refractivity contribution < 1.29 is 18.3 Å². The number of carbonyl (C=O) groups excluding carboxylic acids is 1. The normalized spacial score (nSPS) is 16.8. The smallest absolute Gasteiger partial charge is 0.409 e. The number of ether oxygens (including phenoxy) is 1. The van der Waals surface area contributed by atoms with Crippen molar-refractivity contribution in [3.8, 4) is 11.3 Å². The van der Waals surface area contributed by atoms with Gasteiger partial charge < -0.3 is 19.4 Å². The highest BCUT2D eigenvalue weighted by Gasteiger charge is 2.26. The second-order valence-corrected chi connectivity index (χ2v) is 8.76. The number of methoxy groups -OCH3 is 1. The number of pyridine rings is 1. The fourth-order valence-corrected chi connectivity index (χ4v) is 4.71. The molecule has 176 valence electrons. The summed E-state index contributed by atoms with van der Waals surface area (Å²) in [6, 6.07) is 6.63. The molecule has 1 saturated heterocycles. The average Bonchev–Trinajstić information content (AvgIpc) is 2.94. The monoisotopic (exact) mass is 456 g/mol. The van der Waals surface area contributed by atoms with E-state index in [0.29, 0.717) is 43.0 Å². The zero-order valence-electron chi connectivity index (χ0n) is 19.3. The number of nitrogens with zero attached hydrogens (tertiary/aromatic N) is 3. The van der Waals surface area contributed by atoms with Gasteiger partial charge in [-0.1, -0.05) is 0 Å². The molecule has 0 unspecified atom stereocenters. The average molecular weight is 457 g/mol. The Balaban J connectivity index is 1.73. The van der Waals surface area contributed by atoms with Crippen LogP contribution in [0.2, 0.25) is 0 Å². The molecule has 0 aliphatic carbocycles. The van der Waals surface area contributed by atoms with Gasteiger partial charge in [-0.25, -0.2) is 18.6 Å². The van der Waals surface area contributed by atoms with Crippen molar-refractivity contribution in [1.29, 1.82) is 0 Å². The van der Waals surface area contributed by atoms with E-state index in [1.807, 2.05) is 29.7 Å². The number of hydrogen-bond acceptors (Lipinski definition) is 4. The Morgan fingerprint density at radius 3 is 2.67 bits per heavy atom. The first-order valence-electron chi connectivity index (χ1n) is 11.3. The standard InChI is InChI=1S/C25H30F2N4O2/c1-16-6-10-31-21(14-17-5-4-8-30(9-7-17)25(32)33-3)24(29-22(31)11-16)23-19(26)12-18(15-28-2)13-20(23)27/h6,10-13,17,28H,4-5,7-9,14-15H2,1-3H3/t17-/m0/s1. The van der Waals surface area contributed by atoms with Crippen LogP contribution in [0.4, 0.5) is 13.6 Å². The summed E-state index contributed by atoms with van der Waals surface area (Å²) in [4.78, 5) is 18.3. The first-order chi connectivity index (χ1) is 15.9. The van der Waals surface area contributed by atoms with Crippen molar-refractivity contribution in [2.45, 2.75) is 39.2 Å². The number of carbonyl (C=O) groups is 1. The van der Waals surface area contributed by atoms with Crippen LogP contribution in [0.1, 0.15) is 36.1 Å². The summed E-state index contributed by atoms with van der Waals surface area (Å²) in [5.41, 5.74) is 3.29. The van der Waals surface area contributed by atoms with E-state index in [-0.39, 0.29) is 17.6 Å². The number of hydrogen-bond donors (Lipinski definition) is 1. The Labute approximate surface area is 192 Å². The second kappa shape index (κ2) is 9.87. The summed E-state index contributed by atoms with van der Waals surface area (Å²) in [5, 5.41) is 2.92. The summed E-state index contributed by atoms with van der Waals surface area (Å²) in [5.74, 6) is -0.965. The number of aryl methyl sites for hydroxylation is 1. The van der Waals surface area contributed by atoms with Crippen molar-refractivity contribution in [3.63, 3.8) is 0 Å². The van der Waals surface area contributed by atoms with Crippen molar-refractivity contribution in [1.82, 2.24) is 19.6 Å². The summed E-state index contributed by atoms with van der Waals surface area (Å²) >= 11 is 0. The third kappa shape index (κ3) is 4.85. The molecule has 0 radical (unpaired) electrons. The quantitative estimate of drug-likeness (QED) is 0.604. The largest absolute Gasteiger partial charge is 0.453 e. The van der Waals surface area contributed by atoms with E-state index in [1.165, 1.54) is 19.2 Å². The van der Waals surface area contributed by atoms with Gasteiger partial charge in [0.25, 0.3) is 0 Å². The van der Waals surface area contributed by atoms with Gasteiger partial charge in [-0.15, -0.1) is 0 Å². The lowest BCUT2D eigenvalue weighted by Crippen LogP contribution is -2.31. The van der Waals surface area contributed by atoms with Gasteiger partial charge in [-0.05, 0) is 81.0 Å². The number of halogens is 2. The zero-order chi connectivity index (χ0) is 23.5. The van der Waals surface area contributed by atoms with E-state index >= 15 is 8.78 Å². The maximum atomic E-state index is 15.2. The number of benzene rings is 1. The molecule has 1 fully saturated rings. The molecule has 2 aromatic heterocycles. The zero-order valence-corrected chi connectivity index (χ0v) is 19.3. The SMILES string of the molecule is CNCc1cc(F)c(-c2nc3cc(C)ccn3c2C[C@H]2CCCN(C(=O)OC)CC2)c(F)c1. The van der Waals surface area contributed by atoms with E-state index < -0.39 is 11.6 Å². The Hall–Kier alpha value is -3.00. The number of rotatable bonds is 5. The lowest BCUT2D eigenvalue weighted by Gasteiger charge is -2.19. The minimum absolute atomic E-state index is 0.0870. The number of fused-ring (bicyclic) bond motifs is 1. The molecule has 1 N–H and O–H groups in total. The molecule has 1 aromatic carbocycles. The van der Waals surface area contributed by atoms with Crippen LogP contribution < -0.4 is 5.32 Å². The van der Waals surface area contributed by atoms with Gasteiger partial charge in [0.05, 0.1) is 24.1 Å². The van der Waals surface area contributed by atoms with Gasteiger partial charge in [0, 0.05) is 25.8 Å². The number of aromatic nitrogens is 2. The molecule has 8 heteroatoms. The topological polar surface area (TPSA) is 58.9 Å². The highest BCUT2D eigenvalue weighted by Crippen LogP contribution is 2.33. The molecule has 0 saturated carbocycles. The number of nitrogens with one attached hydrogen (secondary N) is 1. The summed E-state index contributed by atoms with van der Waals surface area (Å²) in [6.45, 7) is 3.60. The lowest BCUT2D eigenvalue weighted by atomic mass is 9.93. The molecule has 1 aliphatic rings. The van der Waals surface area contributed by atoms with E-state index in [4.69, 9.17) is 4.74 Å². The minimum Gasteiger partial charge on any atom is -0.453 e. The Kier molecular flexibility index (Phi) is 6.93. The maximum absolute atomic E-state index is 15.2. The van der Waals surface area contributed by atoms with Crippen molar-refractivity contribution in [2.24, 2.45) is 5.92 Å². The second-order valence-electron chi connectivity index (χ2n) is 8.76. The molecular weight excluding hydrogens is 426 g/mol. The Bertz CT molecular complexity index is 1140. The van der Waals surface area contributed by atoms with E-state index in [9.17, 15) is 4.79 Å². The highest BCUT2D eigenvalue weighted by atomic mass is 19.1. The molecule has 6 nitrogen and oxygen atoms in total. The maximum Gasteiger partial charge on any atom is 0.409 e. The molecule has 1 aliphatic heterocycles. The van der Waals surface area contributed by atoms with Crippen LogP contribution in [0.5, 0.6) is 0 Å². The van der Waals surface area contributed by atoms with Crippen molar-refractivity contribution in [3.05, 3.63) is 58.9 Å². The van der Waals surface area contributed by atoms with Crippen molar-refractivity contribution in [2.75, 3.05) is 27.2 Å². The van der Waals surface area contributed by atoms with Gasteiger partial charge >= 0.3 is 6.09 Å². The van der Waals surface area contributed by atoms with E-state index in [1.54, 1.807) is 11.9 Å². The van der Waals surface area contributed by atoms with Gasteiger partial charge in [-0.3, -0.25) is 0 Å². The van der Waals surface area contributed by atoms with Crippen LogP contribution in [-0.2, 0) is 17.7 Å². The van der Waals surface area contributed by atoms with Gasteiger partial charge in [0.1, 0.15) is 17.3 Å². The third-order valence-electron chi connectivity index (χ3n) is 6.36. The summed E-state index contributed by atoms with van der Waals surface area (Å²) in [6.07, 6.45) is 4.78. The molecule has 4 rings (SSSR count). The van der Waals surface area contributed by atoms with Crippen LogP contribution in [0.25, 0.3) is 16.9 Å². The molecule has 0 spiro atoms. The molecule has 3 heterocycles. The van der Waals surface area contributed by atoms with Crippen molar-refractivity contribution >= 4 is 11.7 Å². The molecule has 3 aromatic rings. The highest BCUT2D eigenvalue weighted by molar-refractivity contribution is 5.69. The van der Waals surface area contributed by atoms with Gasteiger partial charge in [0.15, 0.2) is 0 Å². The first-order valence-corrected chi connectivity index (χ1v) is 11.3. The van der Waals surface area contributed by atoms with Crippen LogP contribution >= 0.6 is 0 Å². The number of imidazole rings is 1. The Morgan fingerprint density at radius 1 is 1.21 bits per heavy atom. The van der Waals surface area contributed by atoms with E-state index in [0.717, 1.165) is 30.5 Å². The molecular formula is C25H30F2N4O2. The summed E-state index contributed by atoms with van der Waals surface area (Å²) < 4.78 is 37.1. The minimum atomic E-state index is -0.612. The Morgan fingerprint density at radius 2 is 1.97 bits per heavy atom. The first kappa shape index (κ1) is 23.2. The number of likely N-dealkylation sites (tertiary alicyclic amines) is 1. The fourth-order valence-electron chi connectivity index (χ4n) is 4.71. The molecule has 33 heavy (non-hydrogen) atoms. The van der Waals surface area contributed by atoms with E-state index in [2.05, 4.69) is 10.3 Å². The van der Waals surface area contributed by atoms with Crippen LogP contribution in [-0.4, -0.2) is 47.6 Å². The van der Waals surface area contributed by atoms with Gasteiger partial charge in [-0.2, -0.15) is 0 Å². The van der Waals surface area contributed by atoms with Crippen LogP contribution in [0.3, 0.4) is 0 Å². The predicted molar refractivity (Wildman–Crippen MR) is 123 cm³/mol. The summed E-state index contributed by atoms with van der Waals surface area (Å²) in [7, 11) is 3.13.